The second-order valence-electron chi connectivity index (χ2n) is 6.89. The molecular formula is C21H27F2N3O2. The van der Waals surface area contributed by atoms with Gasteiger partial charge in [0, 0.05) is 12.2 Å². The van der Waals surface area contributed by atoms with Crippen LogP contribution >= 0.6 is 0 Å². The van der Waals surface area contributed by atoms with E-state index in [9.17, 15) is 13.6 Å². The molecule has 0 aliphatic rings. The maximum absolute atomic E-state index is 13.4. The Labute approximate surface area is 164 Å². The van der Waals surface area contributed by atoms with E-state index in [0.717, 1.165) is 24.9 Å². The van der Waals surface area contributed by atoms with Crippen molar-refractivity contribution in [3.05, 3.63) is 64.7 Å². The van der Waals surface area contributed by atoms with Crippen LogP contribution in [0, 0.1) is 25.5 Å². The van der Waals surface area contributed by atoms with Gasteiger partial charge >= 0.3 is 0 Å². The summed E-state index contributed by atoms with van der Waals surface area (Å²) in [4.78, 5) is 11.9. The molecular weight excluding hydrogens is 364 g/mol. The van der Waals surface area contributed by atoms with Crippen molar-refractivity contribution in [3.8, 4) is 0 Å². The minimum atomic E-state index is -0.616. The molecule has 2 aromatic carbocycles. The maximum Gasteiger partial charge on any atom is 0.265 e. The Bertz CT molecular complexity index is 799. The van der Waals surface area contributed by atoms with Gasteiger partial charge in [-0.2, -0.15) is 0 Å². The van der Waals surface area contributed by atoms with Gasteiger partial charge in [0.2, 0.25) is 0 Å². The van der Waals surface area contributed by atoms with Crippen molar-refractivity contribution < 1.29 is 18.8 Å². The van der Waals surface area contributed by atoms with Gasteiger partial charge in [-0.15, -0.1) is 0 Å². The molecule has 1 atom stereocenters. The van der Waals surface area contributed by atoms with Gasteiger partial charge in [0.05, 0.1) is 0 Å². The average molecular weight is 391 g/mol. The Balaban J connectivity index is 1.76. The third-order valence-corrected chi connectivity index (χ3v) is 4.57. The van der Waals surface area contributed by atoms with Crippen LogP contribution in [0.15, 0.2) is 36.4 Å². The van der Waals surface area contributed by atoms with Crippen molar-refractivity contribution in [3.63, 3.8) is 0 Å². The van der Waals surface area contributed by atoms with Crippen LogP contribution in [0.4, 0.5) is 14.5 Å². The summed E-state index contributed by atoms with van der Waals surface area (Å²) in [6.07, 6.45) is 2.10. The number of anilines is 1. The van der Waals surface area contributed by atoms with E-state index < -0.39 is 11.9 Å². The summed E-state index contributed by atoms with van der Waals surface area (Å²) in [6.45, 7) is 4.78. The van der Waals surface area contributed by atoms with Crippen LogP contribution in [0.3, 0.4) is 0 Å². The third-order valence-electron chi connectivity index (χ3n) is 4.57. The van der Waals surface area contributed by atoms with Crippen molar-refractivity contribution in [2.75, 3.05) is 11.9 Å². The van der Waals surface area contributed by atoms with Gasteiger partial charge in [0.1, 0.15) is 17.7 Å². The molecule has 0 heterocycles. The van der Waals surface area contributed by atoms with E-state index in [1.165, 1.54) is 12.1 Å². The maximum atomic E-state index is 13.4. The number of hydrogen-bond acceptors (Lipinski definition) is 4. The number of rotatable bonds is 10. The van der Waals surface area contributed by atoms with E-state index in [1.54, 1.807) is 37.5 Å². The number of carbonyl (C=O) groups is 1. The molecule has 7 heteroatoms. The number of halogens is 2. The second kappa shape index (κ2) is 10.7. The Morgan fingerprint density at radius 2 is 1.71 bits per heavy atom. The molecule has 0 saturated carbocycles. The van der Waals surface area contributed by atoms with Crippen molar-refractivity contribution in [2.24, 2.45) is 0 Å². The van der Waals surface area contributed by atoms with Crippen molar-refractivity contribution in [2.45, 2.75) is 45.7 Å². The zero-order chi connectivity index (χ0) is 20.5. The first-order chi connectivity index (χ1) is 13.4. The summed E-state index contributed by atoms with van der Waals surface area (Å²) in [7, 11) is 0. The normalized spacial score (nSPS) is 11.9. The van der Waals surface area contributed by atoms with Crippen LogP contribution in [0.25, 0.3) is 0 Å². The molecule has 0 aromatic heterocycles. The van der Waals surface area contributed by atoms with E-state index >= 15 is 0 Å². The Kier molecular flexibility index (Phi) is 8.35. The Hall–Kier alpha value is -2.51. The first-order valence-corrected chi connectivity index (χ1v) is 9.33. The van der Waals surface area contributed by atoms with Crippen LogP contribution in [-0.4, -0.2) is 23.7 Å². The van der Waals surface area contributed by atoms with Gasteiger partial charge in [0.25, 0.3) is 5.91 Å². The van der Waals surface area contributed by atoms with Crippen LogP contribution in [-0.2, 0) is 11.3 Å². The van der Waals surface area contributed by atoms with Crippen LogP contribution in [0.2, 0.25) is 0 Å². The van der Waals surface area contributed by atoms with Crippen molar-refractivity contribution >= 4 is 11.6 Å². The van der Waals surface area contributed by atoms with E-state index in [4.69, 9.17) is 5.21 Å². The van der Waals surface area contributed by atoms with Crippen molar-refractivity contribution in [1.82, 2.24) is 10.8 Å². The highest BCUT2D eigenvalue weighted by Crippen LogP contribution is 2.16. The lowest BCUT2D eigenvalue weighted by Gasteiger charge is -2.18. The topological polar surface area (TPSA) is 73.4 Å². The molecule has 0 fully saturated rings. The fourth-order valence-corrected chi connectivity index (χ4v) is 2.93. The summed E-state index contributed by atoms with van der Waals surface area (Å²) in [5.41, 5.74) is 4.42. The monoisotopic (exact) mass is 391 g/mol. The molecule has 152 valence electrons. The van der Waals surface area contributed by atoms with Gasteiger partial charge in [-0.05, 0) is 80.6 Å². The van der Waals surface area contributed by atoms with Gasteiger partial charge in [-0.25, -0.2) is 14.3 Å². The first kappa shape index (κ1) is 21.8. The molecule has 1 amide bonds. The summed E-state index contributed by atoms with van der Waals surface area (Å²) in [5.74, 6) is -1.05. The summed E-state index contributed by atoms with van der Waals surface area (Å²) in [6, 6.07) is 8.95. The zero-order valence-corrected chi connectivity index (χ0v) is 16.2. The Morgan fingerprint density at radius 3 is 2.36 bits per heavy atom. The third kappa shape index (κ3) is 6.58. The van der Waals surface area contributed by atoms with Crippen molar-refractivity contribution in [1.29, 1.82) is 0 Å². The number of unbranched alkanes of at least 4 members (excludes halogenated alkanes) is 1. The minimum absolute atomic E-state index is 0.208. The zero-order valence-electron chi connectivity index (χ0n) is 16.2. The fraction of sp³-hybridized carbons (Fsp3) is 0.381. The molecule has 0 unspecified atom stereocenters. The largest absolute Gasteiger partial charge is 0.374 e. The van der Waals surface area contributed by atoms with Gasteiger partial charge in [0.15, 0.2) is 0 Å². The fourth-order valence-electron chi connectivity index (χ4n) is 2.93. The molecule has 2 aromatic rings. The molecule has 0 spiro atoms. The highest BCUT2D eigenvalue weighted by Gasteiger charge is 2.17. The molecule has 0 aliphatic carbocycles. The number of hydrogen-bond donors (Lipinski definition) is 4. The minimum Gasteiger partial charge on any atom is -0.374 e. The molecule has 0 radical (unpaired) electrons. The summed E-state index contributed by atoms with van der Waals surface area (Å²) < 4.78 is 26.6. The summed E-state index contributed by atoms with van der Waals surface area (Å²) >= 11 is 0. The lowest BCUT2D eigenvalue weighted by molar-refractivity contribution is -0.130. The number of benzene rings is 2. The van der Waals surface area contributed by atoms with Crippen LogP contribution < -0.4 is 16.1 Å². The predicted molar refractivity (Wildman–Crippen MR) is 105 cm³/mol. The van der Waals surface area contributed by atoms with Crippen LogP contribution in [0.1, 0.15) is 36.0 Å². The molecule has 2 rings (SSSR count). The number of aryl methyl sites for hydroxylation is 2. The SMILES string of the molecule is Cc1cc(CNCCCC[C@@H](Nc2ccc(F)c(C)c2)C(=O)NO)ccc1F. The molecule has 5 nitrogen and oxygen atoms in total. The van der Waals surface area contributed by atoms with E-state index in [2.05, 4.69) is 10.6 Å². The molecule has 0 saturated heterocycles. The Morgan fingerprint density at radius 1 is 1.04 bits per heavy atom. The molecule has 28 heavy (non-hydrogen) atoms. The lowest BCUT2D eigenvalue weighted by atomic mass is 10.1. The highest BCUT2D eigenvalue weighted by atomic mass is 19.1. The van der Waals surface area contributed by atoms with Gasteiger partial charge < -0.3 is 10.6 Å². The number of carbonyl (C=O) groups excluding carboxylic acids is 1. The second-order valence-corrected chi connectivity index (χ2v) is 6.89. The average Bonchev–Trinajstić information content (AvgIpc) is 2.68. The lowest BCUT2D eigenvalue weighted by Crippen LogP contribution is -2.38. The predicted octanol–water partition coefficient (Wildman–Crippen LogP) is 3.83. The first-order valence-electron chi connectivity index (χ1n) is 9.33. The number of amides is 1. The van der Waals surface area contributed by atoms with Crippen LogP contribution in [0.5, 0.6) is 0 Å². The quantitative estimate of drug-likeness (QED) is 0.282. The molecule has 0 bridgehead atoms. The number of nitrogens with one attached hydrogen (secondary N) is 3. The number of hydroxylamine groups is 1. The molecule has 0 aliphatic heterocycles. The van der Waals surface area contributed by atoms with Gasteiger partial charge in [-0.1, -0.05) is 12.1 Å². The summed E-state index contributed by atoms with van der Waals surface area (Å²) in [5, 5.41) is 15.3. The standard InChI is InChI=1S/C21H27F2N3O2/c1-14-11-16(6-8-18(14)22)13-24-10-4-3-5-20(21(27)26-28)25-17-7-9-19(23)15(2)12-17/h6-9,11-12,20,24-25,28H,3-5,10,13H2,1-2H3,(H,26,27)/t20-/m1/s1. The van der Waals surface area contributed by atoms with Gasteiger partial charge in [-0.3, -0.25) is 10.0 Å². The highest BCUT2D eigenvalue weighted by molar-refractivity contribution is 5.83. The van der Waals surface area contributed by atoms with E-state index in [-0.39, 0.29) is 11.6 Å². The smallest absolute Gasteiger partial charge is 0.265 e. The van der Waals surface area contributed by atoms with E-state index in [0.29, 0.717) is 29.8 Å². The molecule has 4 N–H and O–H groups in total. The van der Waals surface area contributed by atoms with E-state index in [1.807, 2.05) is 6.07 Å².